The fourth-order valence-electron chi connectivity index (χ4n) is 2.57. The Morgan fingerprint density at radius 1 is 0.864 bits per heavy atom. The molecule has 0 N–H and O–H groups in total. The highest BCUT2D eigenvalue weighted by Crippen LogP contribution is 2.45. The van der Waals surface area contributed by atoms with Gasteiger partial charge in [-0.15, -0.1) is 0 Å². The van der Waals surface area contributed by atoms with E-state index in [0.29, 0.717) is 13.6 Å². The molecule has 1 aromatic carbocycles. The maximum absolute atomic E-state index is 14.4. The molecule has 0 saturated carbocycles. The molecule has 0 nitrogen and oxygen atoms in total. The lowest BCUT2D eigenvalue weighted by molar-refractivity contribution is 0.217. The predicted octanol–water partition coefficient (Wildman–Crippen LogP) is 4.22. The molecule has 0 heterocycles. The molecule has 0 bridgehead atoms. The van der Waals surface area contributed by atoms with E-state index in [2.05, 4.69) is 0 Å². The van der Waals surface area contributed by atoms with Gasteiger partial charge in [-0.05, 0) is 28.6 Å². The molecule has 0 fully saturated rings. The van der Waals surface area contributed by atoms with Crippen molar-refractivity contribution < 1.29 is 17.6 Å². The fourth-order valence-corrected chi connectivity index (χ4v) is 2.57. The molecule has 119 valence electrons. The van der Waals surface area contributed by atoms with Crippen molar-refractivity contribution in [2.45, 2.75) is 53.9 Å². The molecule has 3 radical (unpaired) electrons. The van der Waals surface area contributed by atoms with Gasteiger partial charge in [0.15, 0.2) is 23.3 Å². The van der Waals surface area contributed by atoms with E-state index in [1.165, 1.54) is 0 Å². The highest BCUT2D eigenvalue weighted by atomic mass is 19.2. The van der Waals surface area contributed by atoms with Gasteiger partial charge in [0.25, 0.3) is 0 Å². The van der Waals surface area contributed by atoms with Crippen LogP contribution in [0.4, 0.5) is 17.6 Å². The molecule has 6 heteroatoms. The van der Waals surface area contributed by atoms with Gasteiger partial charge < -0.3 is 0 Å². The highest BCUT2D eigenvalue weighted by Gasteiger charge is 2.37. The SMILES string of the molecule is [B][B]c1c(F)c(F)c(C(CC(C)(C)C)C(C)(C)C)c(F)c1F. The molecule has 0 amide bonds. The Morgan fingerprint density at radius 3 is 1.55 bits per heavy atom. The summed E-state index contributed by atoms with van der Waals surface area (Å²) in [6.45, 7) is 11.1. The Hall–Kier alpha value is -0.930. The van der Waals surface area contributed by atoms with Gasteiger partial charge >= 0.3 is 0 Å². The van der Waals surface area contributed by atoms with Crippen molar-refractivity contribution >= 4 is 20.4 Å². The fraction of sp³-hybridized carbons (Fsp3) is 0.625. The Labute approximate surface area is 132 Å². The summed E-state index contributed by atoms with van der Waals surface area (Å²) in [5.41, 5.74) is -2.24. The summed E-state index contributed by atoms with van der Waals surface area (Å²) in [7, 11) is 5.60. The topological polar surface area (TPSA) is 0 Å². The second-order valence-electron chi connectivity index (χ2n) is 7.93. The third kappa shape index (κ3) is 3.88. The zero-order valence-electron chi connectivity index (χ0n) is 14.0. The molecule has 0 aliphatic carbocycles. The highest BCUT2D eigenvalue weighted by molar-refractivity contribution is 6.97. The van der Waals surface area contributed by atoms with E-state index >= 15 is 0 Å². The second-order valence-corrected chi connectivity index (χ2v) is 7.93. The van der Waals surface area contributed by atoms with Crippen molar-refractivity contribution in [3.05, 3.63) is 28.8 Å². The zero-order chi connectivity index (χ0) is 17.5. The van der Waals surface area contributed by atoms with E-state index < -0.39 is 45.6 Å². The smallest absolute Gasteiger partial charge is 0.164 e. The number of hydrogen-bond donors (Lipinski definition) is 0. The summed E-state index contributed by atoms with van der Waals surface area (Å²) in [6.07, 6.45) is 0.384. The minimum atomic E-state index is -1.44. The van der Waals surface area contributed by atoms with E-state index in [1.54, 1.807) is 20.8 Å². The monoisotopic (exact) mass is 311 g/mol. The maximum Gasteiger partial charge on any atom is 0.164 e. The van der Waals surface area contributed by atoms with Crippen molar-refractivity contribution in [2.24, 2.45) is 10.8 Å². The summed E-state index contributed by atoms with van der Waals surface area (Å²) in [5, 5.41) is 0. The van der Waals surface area contributed by atoms with E-state index in [1.807, 2.05) is 20.8 Å². The first-order chi connectivity index (χ1) is 9.81. The summed E-state index contributed by atoms with van der Waals surface area (Å²) >= 11 is 0. The molecule has 0 aromatic heterocycles. The lowest BCUT2D eigenvalue weighted by atomic mass is 9.50. The van der Waals surface area contributed by atoms with Crippen LogP contribution in [0.5, 0.6) is 0 Å². The molecule has 1 aromatic rings. The van der Waals surface area contributed by atoms with Crippen LogP contribution in [0.25, 0.3) is 0 Å². The predicted molar refractivity (Wildman–Crippen MR) is 83.7 cm³/mol. The van der Waals surface area contributed by atoms with Crippen molar-refractivity contribution in [1.82, 2.24) is 0 Å². The van der Waals surface area contributed by atoms with Crippen molar-refractivity contribution in [2.75, 3.05) is 0 Å². The normalized spacial score (nSPS) is 14.1. The first kappa shape index (κ1) is 19.1. The summed E-state index contributed by atoms with van der Waals surface area (Å²) in [6, 6.07) is 0. The molecule has 0 spiro atoms. The number of halogens is 4. The zero-order valence-corrected chi connectivity index (χ0v) is 14.0. The Balaban J connectivity index is 3.63. The van der Waals surface area contributed by atoms with Crippen molar-refractivity contribution in [3.8, 4) is 0 Å². The largest absolute Gasteiger partial charge is 0.204 e. The van der Waals surface area contributed by atoms with Crippen LogP contribution in [-0.4, -0.2) is 14.9 Å². The molecule has 0 saturated heterocycles. The van der Waals surface area contributed by atoms with E-state index in [-0.39, 0.29) is 5.41 Å². The Morgan fingerprint density at radius 2 is 1.27 bits per heavy atom. The van der Waals surface area contributed by atoms with Crippen LogP contribution in [0.1, 0.15) is 59.4 Å². The van der Waals surface area contributed by atoms with E-state index in [9.17, 15) is 17.6 Å². The second kappa shape index (κ2) is 6.29. The molecule has 1 unspecified atom stereocenters. The standard InChI is InChI=1S/C16H21B2F4/c1-15(2,3)7-8(16(4,5)6)9-11(19)13(21)10(18-17)14(22)12(9)20/h8H,7H2,1-6H3. The van der Waals surface area contributed by atoms with Gasteiger partial charge in [0.1, 0.15) is 7.17 Å². The first-order valence-corrected chi connectivity index (χ1v) is 7.22. The number of benzene rings is 1. The summed E-state index contributed by atoms with van der Waals surface area (Å²) < 4.78 is 56.8. The molecular formula is C16H21B2F4. The minimum absolute atomic E-state index is 0.261. The van der Waals surface area contributed by atoms with Gasteiger partial charge in [-0.2, -0.15) is 0 Å². The lowest BCUT2D eigenvalue weighted by Crippen LogP contribution is -2.32. The average Bonchev–Trinajstić information content (AvgIpc) is 2.34. The van der Waals surface area contributed by atoms with Crippen LogP contribution in [0.3, 0.4) is 0 Å². The van der Waals surface area contributed by atoms with Crippen LogP contribution < -0.4 is 5.46 Å². The Bertz CT molecular complexity index is 528. The third-order valence-corrected chi connectivity index (χ3v) is 3.71. The van der Waals surface area contributed by atoms with Gasteiger partial charge in [0.2, 0.25) is 0 Å². The maximum atomic E-state index is 14.4. The van der Waals surface area contributed by atoms with Crippen LogP contribution >= 0.6 is 0 Å². The van der Waals surface area contributed by atoms with Crippen LogP contribution in [0, 0.1) is 34.1 Å². The lowest BCUT2D eigenvalue weighted by Gasteiger charge is -2.36. The van der Waals surface area contributed by atoms with E-state index in [4.69, 9.17) is 7.74 Å². The Kier molecular flexibility index (Phi) is 5.46. The van der Waals surface area contributed by atoms with E-state index in [0.717, 1.165) is 0 Å². The quantitative estimate of drug-likeness (QED) is 0.445. The van der Waals surface area contributed by atoms with Crippen molar-refractivity contribution in [1.29, 1.82) is 0 Å². The molecule has 1 atom stereocenters. The molecular weight excluding hydrogens is 290 g/mol. The molecule has 0 aliphatic heterocycles. The first-order valence-electron chi connectivity index (χ1n) is 7.22. The molecule has 1 rings (SSSR count). The molecule has 0 aliphatic rings. The summed E-state index contributed by atoms with van der Waals surface area (Å²) in [5.74, 6) is -6.29. The van der Waals surface area contributed by atoms with Crippen LogP contribution in [-0.2, 0) is 0 Å². The van der Waals surface area contributed by atoms with Gasteiger partial charge in [-0.3, -0.25) is 0 Å². The minimum Gasteiger partial charge on any atom is -0.204 e. The van der Waals surface area contributed by atoms with Gasteiger partial charge in [-0.25, -0.2) is 17.6 Å². The average molecular weight is 311 g/mol. The third-order valence-electron chi connectivity index (χ3n) is 3.71. The summed E-state index contributed by atoms with van der Waals surface area (Å²) in [4.78, 5) is 0. The van der Waals surface area contributed by atoms with Gasteiger partial charge in [0.05, 0.1) is 0 Å². The van der Waals surface area contributed by atoms with Crippen LogP contribution in [0.2, 0.25) is 0 Å². The van der Waals surface area contributed by atoms with Gasteiger partial charge in [-0.1, -0.05) is 41.5 Å². The number of rotatable bonds is 3. The van der Waals surface area contributed by atoms with Crippen LogP contribution in [0.15, 0.2) is 0 Å². The molecule has 22 heavy (non-hydrogen) atoms. The number of hydrogen-bond acceptors (Lipinski definition) is 0. The van der Waals surface area contributed by atoms with Crippen molar-refractivity contribution in [3.63, 3.8) is 0 Å². The van der Waals surface area contributed by atoms with Gasteiger partial charge in [0, 0.05) is 13.3 Å².